The monoisotopic (exact) mass is 395 g/mol. The van der Waals surface area contributed by atoms with Gasteiger partial charge in [0.25, 0.3) is 0 Å². The van der Waals surface area contributed by atoms with Gasteiger partial charge in [0.2, 0.25) is 0 Å². The molecule has 0 fully saturated rings. The quantitative estimate of drug-likeness (QED) is 0.370. The van der Waals surface area contributed by atoms with Gasteiger partial charge in [0.1, 0.15) is 5.75 Å². The highest BCUT2D eigenvalue weighted by atomic mass is 32.2. The van der Waals surface area contributed by atoms with E-state index in [4.69, 9.17) is 0 Å². The molecule has 0 aliphatic heterocycles. The standard InChI is InChI=1S/C18H19F2N3OS2/c1-2-3-8-25-14-6-7-21-12(9-14)11-26-18-22-15-5-4-13(24-17(19)20)10-16(15)23-18/h4-7,9-10,17H,2-3,8,11H2,1H3,(H,22,23). The molecule has 3 rings (SSSR count). The number of hydrogen-bond acceptors (Lipinski definition) is 5. The molecule has 26 heavy (non-hydrogen) atoms. The van der Waals surface area contributed by atoms with Crippen LogP contribution in [-0.4, -0.2) is 27.3 Å². The molecule has 0 amide bonds. The van der Waals surface area contributed by atoms with E-state index in [1.807, 2.05) is 24.0 Å². The van der Waals surface area contributed by atoms with Gasteiger partial charge in [0.15, 0.2) is 5.16 Å². The lowest BCUT2D eigenvalue weighted by Gasteiger charge is -2.03. The third-order valence-electron chi connectivity index (χ3n) is 3.57. The van der Waals surface area contributed by atoms with Gasteiger partial charge in [-0.2, -0.15) is 8.78 Å². The third kappa shape index (κ3) is 5.35. The van der Waals surface area contributed by atoms with Crippen molar-refractivity contribution < 1.29 is 13.5 Å². The number of aromatic nitrogens is 3. The van der Waals surface area contributed by atoms with Crippen LogP contribution in [0.5, 0.6) is 5.75 Å². The zero-order valence-corrected chi connectivity index (χ0v) is 15.9. The van der Waals surface area contributed by atoms with E-state index in [-0.39, 0.29) is 5.75 Å². The summed E-state index contributed by atoms with van der Waals surface area (Å²) >= 11 is 3.37. The number of imidazole rings is 1. The van der Waals surface area contributed by atoms with Gasteiger partial charge in [-0.25, -0.2) is 4.98 Å². The molecule has 2 heterocycles. The molecule has 0 radical (unpaired) electrons. The largest absolute Gasteiger partial charge is 0.435 e. The van der Waals surface area contributed by atoms with E-state index < -0.39 is 6.61 Å². The molecule has 0 bridgehead atoms. The molecule has 4 nitrogen and oxygen atoms in total. The van der Waals surface area contributed by atoms with E-state index >= 15 is 0 Å². The minimum atomic E-state index is -2.84. The molecule has 3 aromatic rings. The summed E-state index contributed by atoms with van der Waals surface area (Å²) < 4.78 is 29.0. The number of benzene rings is 1. The van der Waals surface area contributed by atoms with E-state index in [1.165, 1.54) is 41.6 Å². The Morgan fingerprint density at radius 2 is 2.08 bits per heavy atom. The van der Waals surface area contributed by atoms with Crippen molar-refractivity contribution in [3.8, 4) is 5.75 Å². The van der Waals surface area contributed by atoms with E-state index in [9.17, 15) is 8.78 Å². The number of nitrogens with one attached hydrogen (secondary N) is 1. The molecule has 8 heteroatoms. The third-order valence-corrected chi connectivity index (χ3v) is 5.56. The first-order valence-corrected chi connectivity index (χ1v) is 10.3. The highest BCUT2D eigenvalue weighted by molar-refractivity contribution is 7.99. The van der Waals surface area contributed by atoms with Crippen molar-refractivity contribution in [1.29, 1.82) is 0 Å². The summed E-state index contributed by atoms with van der Waals surface area (Å²) in [7, 11) is 0. The van der Waals surface area contributed by atoms with Gasteiger partial charge in [0, 0.05) is 22.9 Å². The summed E-state index contributed by atoms with van der Waals surface area (Å²) in [4.78, 5) is 13.2. The second kappa shape index (κ2) is 9.23. The Morgan fingerprint density at radius 3 is 2.88 bits per heavy atom. The lowest BCUT2D eigenvalue weighted by Crippen LogP contribution is -2.01. The Bertz CT molecular complexity index is 857. The first kappa shape index (κ1) is 19.0. The number of unbranched alkanes of at least 4 members (excludes halogenated alkanes) is 1. The molecular formula is C18H19F2N3OS2. The number of alkyl halides is 2. The number of fused-ring (bicyclic) bond motifs is 1. The number of pyridine rings is 1. The fourth-order valence-electron chi connectivity index (χ4n) is 2.31. The Labute approximate surface area is 159 Å². The predicted octanol–water partition coefficient (Wildman–Crippen LogP) is 5.74. The van der Waals surface area contributed by atoms with Crippen LogP contribution in [0.2, 0.25) is 0 Å². The Morgan fingerprint density at radius 1 is 1.19 bits per heavy atom. The van der Waals surface area contributed by atoms with E-state index in [2.05, 4.69) is 32.7 Å². The SMILES string of the molecule is CCCCSc1ccnc(CSc2nc3ccc(OC(F)F)cc3[nH]2)c1. The van der Waals surface area contributed by atoms with Crippen molar-refractivity contribution in [2.45, 2.75) is 42.2 Å². The Hall–Kier alpha value is -1.80. The number of ether oxygens (including phenoxy) is 1. The second-order valence-corrected chi connectivity index (χ2v) is 7.71. The van der Waals surface area contributed by atoms with Gasteiger partial charge >= 0.3 is 6.61 Å². The maximum Gasteiger partial charge on any atom is 0.387 e. The fraction of sp³-hybridized carbons (Fsp3) is 0.333. The molecule has 138 valence electrons. The van der Waals surface area contributed by atoms with Crippen LogP contribution in [0.4, 0.5) is 8.78 Å². The number of halogens is 2. The highest BCUT2D eigenvalue weighted by Gasteiger charge is 2.09. The van der Waals surface area contributed by atoms with Crippen LogP contribution in [-0.2, 0) is 5.75 Å². The topological polar surface area (TPSA) is 50.8 Å². The van der Waals surface area contributed by atoms with Gasteiger partial charge in [-0.1, -0.05) is 25.1 Å². The summed E-state index contributed by atoms with van der Waals surface area (Å²) in [5.41, 5.74) is 2.37. The van der Waals surface area contributed by atoms with Crippen LogP contribution in [0, 0.1) is 0 Å². The number of thioether (sulfide) groups is 2. The maximum atomic E-state index is 12.3. The van der Waals surface area contributed by atoms with Crippen molar-refractivity contribution in [3.63, 3.8) is 0 Å². The molecule has 0 spiro atoms. The van der Waals surface area contributed by atoms with E-state index in [0.29, 0.717) is 16.8 Å². The van der Waals surface area contributed by atoms with E-state index in [1.54, 1.807) is 6.07 Å². The summed E-state index contributed by atoms with van der Waals surface area (Å²) in [5.74, 6) is 1.91. The van der Waals surface area contributed by atoms with Crippen molar-refractivity contribution in [2.24, 2.45) is 0 Å². The van der Waals surface area contributed by atoms with Crippen LogP contribution in [0.3, 0.4) is 0 Å². The molecule has 1 N–H and O–H groups in total. The predicted molar refractivity (Wildman–Crippen MR) is 102 cm³/mol. The zero-order chi connectivity index (χ0) is 18.4. The first-order chi connectivity index (χ1) is 12.6. The summed E-state index contributed by atoms with van der Waals surface area (Å²) in [6, 6.07) is 8.81. The van der Waals surface area contributed by atoms with Crippen molar-refractivity contribution >= 4 is 34.6 Å². The van der Waals surface area contributed by atoms with E-state index in [0.717, 1.165) is 16.6 Å². The minimum absolute atomic E-state index is 0.117. The normalized spacial score (nSPS) is 11.4. The highest BCUT2D eigenvalue weighted by Crippen LogP contribution is 2.27. The average molecular weight is 396 g/mol. The van der Waals surface area contributed by atoms with Crippen LogP contribution < -0.4 is 4.74 Å². The summed E-state index contributed by atoms with van der Waals surface area (Å²) in [6.07, 6.45) is 4.22. The molecule has 0 atom stereocenters. The minimum Gasteiger partial charge on any atom is -0.435 e. The molecule has 0 aliphatic carbocycles. The molecular weight excluding hydrogens is 376 g/mol. The molecule has 0 saturated carbocycles. The van der Waals surface area contributed by atoms with Gasteiger partial charge in [-0.15, -0.1) is 11.8 Å². The van der Waals surface area contributed by atoms with Crippen LogP contribution in [0.1, 0.15) is 25.5 Å². The Balaban J connectivity index is 1.63. The van der Waals surface area contributed by atoms with Gasteiger partial charge < -0.3 is 9.72 Å². The average Bonchev–Trinajstić information content (AvgIpc) is 3.02. The number of aromatic amines is 1. The van der Waals surface area contributed by atoms with Crippen molar-refractivity contribution in [2.75, 3.05) is 5.75 Å². The summed E-state index contributed by atoms with van der Waals surface area (Å²) in [6.45, 7) is -0.650. The van der Waals surface area contributed by atoms with Crippen molar-refractivity contribution in [1.82, 2.24) is 15.0 Å². The Kier molecular flexibility index (Phi) is 6.73. The number of H-pyrrole nitrogens is 1. The van der Waals surface area contributed by atoms with Gasteiger partial charge in [-0.05, 0) is 36.4 Å². The van der Waals surface area contributed by atoms with Crippen LogP contribution >= 0.6 is 23.5 Å². The maximum absolute atomic E-state index is 12.3. The fourth-order valence-corrected chi connectivity index (χ4v) is 4.14. The summed E-state index contributed by atoms with van der Waals surface area (Å²) in [5, 5.41) is 0.722. The number of hydrogen-bond donors (Lipinski definition) is 1. The number of rotatable bonds is 9. The van der Waals surface area contributed by atoms with Gasteiger partial charge in [0.05, 0.1) is 16.7 Å². The zero-order valence-electron chi connectivity index (χ0n) is 14.2. The number of nitrogens with zero attached hydrogens (tertiary/aromatic N) is 2. The van der Waals surface area contributed by atoms with Crippen LogP contribution in [0.15, 0.2) is 46.6 Å². The first-order valence-electron chi connectivity index (χ1n) is 8.29. The molecule has 2 aromatic heterocycles. The van der Waals surface area contributed by atoms with Crippen molar-refractivity contribution in [3.05, 3.63) is 42.2 Å². The second-order valence-electron chi connectivity index (χ2n) is 5.57. The van der Waals surface area contributed by atoms with Gasteiger partial charge in [-0.3, -0.25) is 4.98 Å². The lowest BCUT2D eigenvalue weighted by atomic mass is 10.3. The molecule has 0 aliphatic rings. The molecule has 0 saturated heterocycles. The van der Waals surface area contributed by atoms with Crippen LogP contribution in [0.25, 0.3) is 11.0 Å². The molecule has 0 unspecified atom stereocenters. The lowest BCUT2D eigenvalue weighted by molar-refractivity contribution is -0.0497. The molecule has 1 aromatic carbocycles. The smallest absolute Gasteiger partial charge is 0.387 e.